The van der Waals surface area contributed by atoms with Crippen LogP contribution in [0, 0.1) is 5.92 Å². The zero-order chi connectivity index (χ0) is 22.6. The molecule has 3 aromatic rings. The molecule has 33 heavy (non-hydrogen) atoms. The number of piperazine rings is 1. The van der Waals surface area contributed by atoms with Gasteiger partial charge in [0.2, 0.25) is 0 Å². The highest BCUT2D eigenvalue weighted by Gasteiger charge is 2.25. The number of amides is 1. The Morgan fingerprint density at radius 2 is 1.97 bits per heavy atom. The Hall–Kier alpha value is -3.03. The lowest BCUT2D eigenvalue weighted by Gasteiger charge is -2.33. The van der Waals surface area contributed by atoms with Crippen molar-refractivity contribution in [3.8, 4) is 0 Å². The number of pyridine rings is 2. The number of fused-ring (bicyclic) bond motifs is 1. The predicted octanol–water partition coefficient (Wildman–Crippen LogP) is 2.71. The number of anilines is 1. The van der Waals surface area contributed by atoms with Crippen LogP contribution in [0.2, 0.25) is 0 Å². The molecule has 5 rings (SSSR count). The Morgan fingerprint density at radius 1 is 1.09 bits per heavy atom. The number of hydrogen-bond acceptors (Lipinski definition) is 6. The van der Waals surface area contributed by atoms with Crippen LogP contribution < -0.4 is 4.90 Å². The average Bonchev–Trinajstić information content (AvgIpc) is 3.10. The number of carbonyl (C=O) groups is 1. The van der Waals surface area contributed by atoms with E-state index in [-0.39, 0.29) is 11.8 Å². The Balaban J connectivity index is 1.31. The van der Waals surface area contributed by atoms with Crippen molar-refractivity contribution < 1.29 is 9.53 Å². The molecule has 1 amide bonds. The minimum absolute atomic E-state index is 0.0582. The van der Waals surface area contributed by atoms with Gasteiger partial charge in [0.15, 0.2) is 0 Å². The largest absolute Gasteiger partial charge is 0.379 e. The SMILES string of the molecule is CN1CCN(c2cc(C(=O)N3CCOCC(Cc4cccc5ccncc45)C3)ccn2)CC1. The highest BCUT2D eigenvalue weighted by molar-refractivity contribution is 5.95. The minimum atomic E-state index is 0.0582. The van der Waals surface area contributed by atoms with Crippen LogP contribution in [0.4, 0.5) is 5.82 Å². The van der Waals surface area contributed by atoms with E-state index in [0.29, 0.717) is 31.9 Å². The molecule has 0 saturated carbocycles. The van der Waals surface area contributed by atoms with Crippen molar-refractivity contribution >= 4 is 22.5 Å². The fourth-order valence-electron chi connectivity index (χ4n) is 4.80. The van der Waals surface area contributed by atoms with E-state index in [0.717, 1.165) is 38.4 Å². The number of benzene rings is 1. The summed E-state index contributed by atoms with van der Waals surface area (Å²) in [6, 6.07) is 12.2. The van der Waals surface area contributed by atoms with Gasteiger partial charge in [0, 0.05) is 74.7 Å². The van der Waals surface area contributed by atoms with Gasteiger partial charge in [0.25, 0.3) is 5.91 Å². The molecule has 4 heterocycles. The maximum Gasteiger partial charge on any atom is 0.254 e. The molecule has 1 unspecified atom stereocenters. The van der Waals surface area contributed by atoms with Crippen molar-refractivity contribution in [1.29, 1.82) is 0 Å². The predicted molar refractivity (Wildman–Crippen MR) is 130 cm³/mol. The second-order valence-corrected chi connectivity index (χ2v) is 9.10. The highest BCUT2D eigenvalue weighted by Crippen LogP contribution is 2.23. The van der Waals surface area contributed by atoms with E-state index in [1.807, 2.05) is 35.5 Å². The standard InChI is InChI=1S/C26H31N5O2/c1-29-9-11-30(12-10-29)25-16-23(6-8-28-25)26(32)31-13-14-33-19-20(18-31)15-22-4-2-3-21-5-7-27-17-24(21)22/h2-8,16-17,20H,9-15,18-19H2,1H3. The third-order valence-corrected chi connectivity index (χ3v) is 6.73. The van der Waals surface area contributed by atoms with Crippen LogP contribution in [0.3, 0.4) is 0 Å². The molecule has 7 nitrogen and oxygen atoms in total. The highest BCUT2D eigenvalue weighted by atomic mass is 16.5. The van der Waals surface area contributed by atoms with Gasteiger partial charge < -0.3 is 19.4 Å². The zero-order valence-electron chi connectivity index (χ0n) is 19.2. The number of aromatic nitrogens is 2. The molecule has 2 saturated heterocycles. The number of carbonyl (C=O) groups excluding carboxylic acids is 1. The van der Waals surface area contributed by atoms with Gasteiger partial charge in [0.05, 0.1) is 13.2 Å². The average molecular weight is 446 g/mol. The molecular weight excluding hydrogens is 414 g/mol. The first-order valence-corrected chi connectivity index (χ1v) is 11.8. The number of ether oxygens (including phenoxy) is 1. The van der Waals surface area contributed by atoms with Crippen molar-refractivity contribution in [2.24, 2.45) is 5.92 Å². The number of likely N-dealkylation sites (N-methyl/N-ethyl adjacent to an activating group) is 1. The second-order valence-electron chi connectivity index (χ2n) is 9.10. The quantitative estimate of drug-likeness (QED) is 0.616. The van der Waals surface area contributed by atoms with Gasteiger partial charge >= 0.3 is 0 Å². The second kappa shape index (κ2) is 9.85. The van der Waals surface area contributed by atoms with Crippen LogP contribution in [0.5, 0.6) is 0 Å². The maximum absolute atomic E-state index is 13.5. The van der Waals surface area contributed by atoms with E-state index >= 15 is 0 Å². The van der Waals surface area contributed by atoms with Crippen LogP contribution in [0.25, 0.3) is 10.8 Å². The molecule has 0 aliphatic carbocycles. The monoisotopic (exact) mass is 445 g/mol. The van der Waals surface area contributed by atoms with Crippen LogP contribution in [-0.4, -0.2) is 85.2 Å². The molecule has 0 bridgehead atoms. The Kier molecular flexibility index (Phi) is 6.51. The van der Waals surface area contributed by atoms with Gasteiger partial charge in [-0.2, -0.15) is 0 Å². The van der Waals surface area contributed by atoms with Crippen LogP contribution >= 0.6 is 0 Å². The summed E-state index contributed by atoms with van der Waals surface area (Å²) < 4.78 is 5.90. The molecule has 2 fully saturated rings. The van der Waals surface area contributed by atoms with E-state index in [2.05, 4.69) is 45.0 Å². The summed E-state index contributed by atoms with van der Waals surface area (Å²) in [7, 11) is 2.14. The molecule has 1 aromatic carbocycles. The smallest absolute Gasteiger partial charge is 0.254 e. The lowest BCUT2D eigenvalue weighted by Crippen LogP contribution is -2.45. The van der Waals surface area contributed by atoms with Crippen molar-refractivity contribution in [3.63, 3.8) is 0 Å². The van der Waals surface area contributed by atoms with Crippen molar-refractivity contribution in [1.82, 2.24) is 19.8 Å². The zero-order valence-corrected chi connectivity index (χ0v) is 19.2. The van der Waals surface area contributed by atoms with Crippen LogP contribution in [-0.2, 0) is 11.2 Å². The fraction of sp³-hybridized carbons (Fsp3) is 0.423. The van der Waals surface area contributed by atoms with E-state index < -0.39 is 0 Å². The van der Waals surface area contributed by atoms with Gasteiger partial charge in [-0.1, -0.05) is 18.2 Å². The third kappa shape index (κ3) is 4.99. The first-order valence-electron chi connectivity index (χ1n) is 11.8. The summed E-state index contributed by atoms with van der Waals surface area (Å²) in [4.78, 5) is 28.8. The molecule has 0 N–H and O–H groups in total. The number of hydrogen-bond donors (Lipinski definition) is 0. The Labute approximate surface area is 195 Å². The van der Waals surface area contributed by atoms with Gasteiger partial charge in [-0.05, 0) is 42.6 Å². The molecule has 0 spiro atoms. The number of nitrogens with zero attached hydrogens (tertiary/aromatic N) is 5. The third-order valence-electron chi connectivity index (χ3n) is 6.73. The molecule has 1 atom stereocenters. The van der Waals surface area contributed by atoms with E-state index in [1.165, 1.54) is 16.3 Å². The number of rotatable bonds is 4. The summed E-state index contributed by atoms with van der Waals surface area (Å²) in [5, 5.41) is 2.37. The summed E-state index contributed by atoms with van der Waals surface area (Å²) in [5.41, 5.74) is 1.96. The lowest BCUT2D eigenvalue weighted by molar-refractivity contribution is 0.0737. The topological polar surface area (TPSA) is 61.8 Å². The summed E-state index contributed by atoms with van der Waals surface area (Å²) in [6.45, 7) is 6.39. The first-order chi connectivity index (χ1) is 16.2. The fourth-order valence-corrected chi connectivity index (χ4v) is 4.80. The molecule has 2 aliphatic heterocycles. The first kappa shape index (κ1) is 21.8. The van der Waals surface area contributed by atoms with Gasteiger partial charge in [-0.3, -0.25) is 9.78 Å². The molecule has 7 heteroatoms. The van der Waals surface area contributed by atoms with Crippen molar-refractivity contribution in [3.05, 3.63) is 66.1 Å². The summed E-state index contributed by atoms with van der Waals surface area (Å²) in [5.74, 6) is 1.18. The van der Waals surface area contributed by atoms with Gasteiger partial charge in [-0.25, -0.2) is 4.98 Å². The van der Waals surface area contributed by atoms with Crippen molar-refractivity contribution in [2.45, 2.75) is 6.42 Å². The van der Waals surface area contributed by atoms with E-state index in [1.54, 1.807) is 6.20 Å². The van der Waals surface area contributed by atoms with Gasteiger partial charge in [0.1, 0.15) is 5.82 Å². The molecule has 0 radical (unpaired) electrons. The summed E-state index contributed by atoms with van der Waals surface area (Å²) >= 11 is 0. The van der Waals surface area contributed by atoms with E-state index in [9.17, 15) is 4.79 Å². The van der Waals surface area contributed by atoms with Crippen LogP contribution in [0.1, 0.15) is 15.9 Å². The molecule has 2 aliphatic rings. The van der Waals surface area contributed by atoms with Crippen LogP contribution in [0.15, 0.2) is 55.0 Å². The molecular formula is C26H31N5O2. The lowest BCUT2D eigenvalue weighted by atomic mass is 9.95. The van der Waals surface area contributed by atoms with Crippen molar-refractivity contribution in [2.75, 3.05) is 64.4 Å². The normalized spacial score (nSPS) is 20.1. The minimum Gasteiger partial charge on any atom is -0.379 e. The summed E-state index contributed by atoms with van der Waals surface area (Å²) in [6.07, 6.45) is 6.37. The maximum atomic E-state index is 13.5. The Morgan fingerprint density at radius 3 is 2.85 bits per heavy atom. The Bertz CT molecular complexity index is 1110. The van der Waals surface area contributed by atoms with Gasteiger partial charge in [-0.15, -0.1) is 0 Å². The molecule has 172 valence electrons. The van der Waals surface area contributed by atoms with E-state index in [4.69, 9.17) is 4.74 Å². The molecule has 2 aromatic heterocycles.